The molecular weight excluding hydrogens is 452 g/mol. The summed E-state index contributed by atoms with van der Waals surface area (Å²) in [6, 6.07) is 5.75. The first-order valence-electron chi connectivity index (χ1n) is 6.05. The number of rotatable bonds is 3. The summed E-state index contributed by atoms with van der Waals surface area (Å²) in [6.45, 7) is 4.74. The number of halogens is 3. The fourth-order valence-corrected chi connectivity index (χ4v) is 4.00. The Balaban J connectivity index is 2.32. The summed E-state index contributed by atoms with van der Waals surface area (Å²) in [5, 5.41) is 2.94. The van der Waals surface area contributed by atoms with Crippen LogP contribution in [0.2, 0.25) is 0 Å². The van der Waals surface area contributed by atoms with E-state index in [1.165, 1.54) is 0 Å². The average molecular weight is 465 g/mol. The molecule has 2 aromatic rings. The number of anilines is 1. The van der Waals surface area contributed by atoms with Crippen LogP contribution in [0.25, 0.3) is 0 Å². The van der Waals surface area contributed by atoms with Crippen LogP contribution in [0.1, 0.15) is 23.0 Å². The molecule has 106 valence electrons. The molecule has 1 heterocycles. The lowest BCUT2D eigenvalue weighted by Crippen LogP contribution is -2.17. The summed E-state index contributed by atoms with van der Waals surface area (Å²) in [5.74, 6) is -0.136. The number of carbonyl (C=O) groups is 1. The Hall–Kier alpha value is -0.590. The SMILES string of the molecule is CCn1cc(Br)cc1C(=O)Nc1c(Br)cc(C)cc1Br. The summed E-state index contributed by atoms with van der Waals surface area (Å²) in [6.07, 6.45) is 1.90. The highest BCUT2D eigenvalue weighted by atomic mass is 79.9. The molecule has 0 spiro atoms. The maximum absolute atomic E-state index is 12.4. The van der Waals surface area contributed by atoms with E-state index in [-0.39, 0.29) is 5.91 Å². The molecule has 1 N–H and O–H groups in total. The molecule has 0 fully saturated rings. The Kier molecular flexibility index (Phi) is 5.09. The van der Waals surface area contributed by atoms with Crippen LogP contribution in [0.15, 0.2) is 37.8 Å². The molecule has 20 heavy (non-hydrogen) atoms. The van der Waals surface area contributed by atoms with Crippen molar-refractivity contribution in [3.05, 3.63) is 49.1 Å². The average Bonchev–Trinajstić information content (AvgIpc) is 2.75. The summed E-state index contributed by atoms with van der Waals surface area (Å²) in [5.41, 5.74) is 2.47. The number of aryl methyl sites for hydroxylation is 2. The molecule has 0 saturated heterocycles. The van der Waals surface area contributed by atoms with Crippen LogP contribution in [0, 0.1) is 6.92 Å². The van der Waals surface area contributed by atoms with Crippen molar-refractivity contribution in [3.63, 3.8) is 0 Å². The minimum absolute atomic E-state index is 0.136. The largest absolute Gasteiger partial charge is 0.343 e. The Morgan fingerprint density at radius 1 is 1.20 bits per heavy atom. The maximum Gasteiger partial charge on any atom is 0.272 e. The lowest BCUT2D eigenvalue weighted by atomic mass is 10.2. The van der Waals surface area contributed by atoms with E-state index in [0.29, 0.717) is 5.69 Å². The Morgan fingerprint density at radius 2 is 1.80 bits per heavy atom. The molecule has 1 amide bonds. The topological polar surface area (TPSA) is 34.0 Å². The number of hydrogen-bond acceptors (Lipinski definition) is 1. The third-order valence-electron chi connectivity index (χ3n) is 2.86. The maximum atomic E-state index is 12.4. The van der Waals surface area contributed by atoms with Gasteiger partial charge in [-0.05, 0) is 85.4 Å². The predicted molar refractivity (Wildman–Crippen MR) is 92.3 cm³/mol. The Morgan fingerprint density at radius 3 is 2.35 bits per heavy atom. The normalized spacial score (nSPS) is 10.7. The number of hydrogen-bond donors (Lipinski definition) is 1. The van der Waals surface area contributed by atoms with Crippen LogP contribution < -0.4 is 5.32 Å². The molecule has 0 atom stereocenters. The lowest BCUT2D eigenvalue weighted by molar-refractivity contribution is 0.101. The molecule has 0 aliphatic rings. The molecule has 6 heteroatoms. The van der Waals surface area contributed by atoms with Gasteiger partial charge in [0.15, 0.2) is 0 Å². The molecule has 0 bridgehead atoms. The second-order valence-corrected chi connectivity index (χ2v) is 7.01. The zero-order valence-corrected chi connectivity index (χ0v) is 15.8. The number of nitrogens with zero attached hydrogens (tertiary/aromatic N) is 1. The fourth-order valence-electron chi connectivity index (χ4n) is 1.92. The molecule has 0 aliphatic carbocycles. The number of carbonyl (C=O) groups excluding carboxylic acids is 1. The summed E-state index contributed by atoms with van der Waals surface area (Å²) in [4.78, 5) is 12.4. The van der Waals surface area contributed by atoms with Gasteiger partial charge >= 0.3 is 0 Å². The predicted octanol–water partition coefficient (Wildman–Crippen LogP) is 5.36. The second kappa shape index (κ2) is 6.45. The Bertz CT molecular complexity index is 641. The van der Waals surface area contributed by atoms with Crippen molar-refractivity contribution in [2.75, 3.05) is 5.32 Å². The first kappa shape index (κ1) is 15.8. The standard InChI is InChI=1S/C14H13Br3N2O/c1-3-19-7-9(15)6-12(19)14(20)18-13-10(16)4-8(2)5-11(13)17/h4-7H,3H2,1-2H3,(H,18,20). The fraction of sp³-hybridized carbons (Fsp3) is 0.214. The zero-order valence-electron chi connectivity index (χ0n) is 11.0. The van der Waals surface area contributed by atoms with Gasteiger partial charge in [0.05, 0.1) is 5.69 Å². The van der Waals surface area contributed by atoms with Gasteiger partial charge in [0.1, 0.15) is 5.69 Å². The minimum atomic E-state index is -0.136. The lowest BCUT2D eigenvalue weighted by Gasteiger charge is -2.12. The number of aromatic nitrogens is 1. The molecule has 0 unspecified atom stereocenters. The van der Waals surface area contributed by atoms with Gasteiger partial charge in [-0.15, -0.1) is 0 Å². The third kappa shape index (κ3) is 3.35. The zero-order chi connectivity index (χ0) is 14.9. The highest BCUT2D eigenvalue weighted by Gasteiger charge is 2.15. The van der Waals surface area contributed by atoms with Crippen LogP contribution in [0.3, 0.4) is 0 Å². The van der Waals surface area contributed by atoms with Crippen LogP contribution in [-0.4, -0.2) is 10.5 Å². The van der Waals surface area contributed by atoms with Crippen molar-refractivity contribution in [1.29, 1.82) is 0 Å². The number of amides is 1. The third-order valence-corrected chi connectivity index (χ3v) is 4.55. The quantitative estimate of drug-likeness (QED) is 0.652. The smallest absolute Gasteiger partial charge is 0.272 e. The van der Waals surface area contributed by atoms with E-state index < -0.39 is 0 Å². The van der Waals surface area contributed by atoms with E-state index in [1.807, 2.05) is 42.8 Å². The number of benzene rings is 1. The van der Waals surface area contributed by atoms with Crippen molar-refractivity contribution in [3.8, 4) is 0 Å². The van der Waals surface area contributed by atoms with Gasteiger partial charge in [-0.3, -0.25) is 4.79 Å². The molecule has 0 saturated carbocycles. The first-order chi connectivity index (χ1) is 9.42. The van der Waals surface area contributed by atoms with E-state index in [4.69, 9.17) is 0 Å². The highest BCUT2D eigenvalue weighted by molar-refractivity contribution is 9.11. The summed E-state index contributed by atoms with van der Waals surface area (Å²) < 4.78 is 4.50. The van der Waals surface area contributed by atoms with Crippen molar-refractivity contribution in [2.45, 2.75) is 20.4 Å². The minimum Gasteiger partial charge on any atom is -0.343 e. The van der Waals surface area contributed by atoms with E-state index in [2.05, 4.69) is 53.1 Å². The van der Waals surface area contributed by atoms with Crippen LogP contribution in [0.5, 0.6) is 0 Å². The van der Waals surface area contributed by atoms with E-state index in [9.17, 15) is 4.79 Å². The molecular formula is C14H13Br3N2O. The van der Waals surface area contributed by atoms with Crippen molar-refractivity contribution in [1.82, 2.24) is 4.57 Å². The van der Waals surface area contributed by atoms with Gasteiger partial charge in [0, 0.05) is 26.2 Å². The van der Waals surface area contributed by atoms with Crippen LogP contribution >= 0.6 is 47.8 Å². The van der Waals surface area contributed by atoms with E-state index in [1.54, 1.807) is 0 Å². The van der Waals surface area contributed by atoms with Crippen LogP contribution in [0.4, 0.5) is 5.69 Å². The molecule has 3 nitrogen and oxygen atoms in total. The summed E-state index contributed by atoms with van der Waals surface area (Å²) >= 11 is 10.4. The second-order valence-electron chi connectivity index (χ2n) is 4.39. The van der Waals surface area contributed by atoms with Gasteiger partial charge in [-0.25, -0.2) is 0 Å². The molecule has 2 rings (SSSR count). The van der Waals surface area contributed by atoms with Crippen molar-refractivity contribution < 1.29 is 4.79 Å². The molecule has 1 aromatic carbocycles. The molecule has 0 aliphatic heterocycles. The van der Waals surface area contributed by atoms with E-state index >= 15 is 0 Å². The van der Waals surface area contributed by atoms with Gasteiger partial charge in [-0.1, -0.05) is 0 Å². The number of nitrogens with one attached hydrogen (secondary N) is 1. The highest BCUT2D eigenvalue weighted by Crippen LogP contribution is 2.32. The van der Waals surface area contributed by atoms with Gasteiger partial charge in [0.2, 0.25) is 0 Å². The van der Waals surface area contributed by atoms with Crippen LogP contribution in [-0.2, 0) is 6.54 Å². The van der Waals surface area contributed by atoms with Crippen molar-refractivity contribution >= 4 is 59.4 Å². The molecule has 0 radical (unpaired) electrons. The van der Waals surface area contributed by atoms with Crippen molar-refractivity contribution in [2.24, 2.45) is 0 Å². The van der Waals surface area contributed by atoms with Gasteiger partial charge in [0.25, 0.3) is 5.91 Å². The summed E-state index contributed by atoms with van der Waals surface area (Å²) in [7, 11) is 0. The van der Waals surface area contributed by atoms with Gasteiger partial charge < -0.3 is 9.88 Å². The molecule has 1 aromatic heterocycles. The van der Waals surface area contributed by atoms with E-state index in [0.717, 1.165) is 31.2 Å². The monoisotopic (exact) mass is 462 g/mol. The first-order valence-corrected chi connectivity index (χ1v) is 8.43. The van der Waals surface area contributed by atoms with Gasteiger partial charge in [-0.2, -0.15) is 0 Å². The Labute approximate surface area is 143 Å².